The maximum absolute atomic E-state index is 11.5. The van der Waals surface area contributed by atoms with Crippen molar-refractivity contribution in [3.05, 3.63) is 24.3 Å². The molecule has 0 heterocycles. The van der Waals surface area contributed by atoms with Crippen molar-refractivity contribution in [1.82, 2.24) is 0 Å². The first-order valence-electron chi connectivity index (χ1n) is 5.97. The van der Waals surface area contributed by atoms with E-state index in [1.54, 1.807) is 0 Å². The Kier molecular flexibility index (Phi) is 5.01. The Morgan fingerprint density at radius 3 is 2.29 bits per heavy atom. The molecule has 0 bridgehead atoms. The van der Waals surface area contributed by atoms with E-state index in [9.17, 15) is 4.79 Å². The van der Waals surface area contributed by atoms with Gasteiger partial charge in [-0.15, -0.1) is 0 Å². The summed E-state index contributed by atoms with van der Waals surface area (Å²) >= 11 is 0. The van der Waals surface area contributed by atoms with Crippen LogP contribution in [0.3, 0.4) is 0 Å². The number of carbonyl (C=O) groups excluding carboxylic acids is 1. The lowest BCUT2D eigenvalue weighted by Crippen LogP contribution is -2.10. The lowest BCUT2D eigenvalue weighted by Gasteiger charge is -2.12. The maximum atomic E-state index is 11.5. The van der Waals surface area contributed by atoms with Gasteiger partial charge in [0, 0.05) is 26.2 Å². The zero-order valence-corrected chi connectivity index (χ0v) is 11.1. The minimum atomic E-state index is -0.156. The molecular formula is C14H21NO2. The highest BCUT2D eigenvalue weighted by molar-refractivity contribution is 5.72. The Morgan fingerprint density at radius 2 is 1.82 bits per heavy atom. The second kappa shape index (κ2) is 6.28. The van der Waals surface area contributed by atoms with Crippen molar-refractivity contribution in [3.63, 3.8) is 0 Å². The molecule has 0 aromatic heterocycles. The molecule has 0 N–H and O–H groups in total. The number of anilines is 1. The Hall–Kier alpha value is -1.51. The maximum Gasteiger partial charge on any atom is 0.311 e. The second-order valence-corrected chi connectivity index (χ2v) is 4.79. The summed E-state index contributed by atoms with van der Waals surface area (Å²) in [5, 5.41) is 0. The summed E-state index contributed by atoms with van der Waals surface area (Å²) in [5.74, 6) is 0.985. The summed E-state index contributed by atoms with van der Waals surface area (Å²) < 4.78 is 5.24. The SMILES string of the molecule is CC(C)CCC(=O)Oc1ccc(N(C)C)cc1. The van der Waals surface area contributed by atoms with E-state index in [0.29, 0.717) is 18.1 Å². The summed E-state index contributed by atoms with van der Waals surface area (Å²) in [5.41, 5.74) is 1.09. The van der Waals surface area contributed by atoms with Crippen LogP contribution < -0.4 is 9.64 Å². The highest BCUT2D eigenvalue weighted by Crippen LogP contribution is 2.18. The minimum Gasteiger partial charge on any atom is -0.427 e. The molecule has 0 radical (unpaired) electrons. The van der Waals surface area contributed by atoms with Crippen molar-refractivity contribution in [2.24, 2.45) is 5.92 Å². The van der Waals surface area contributed by atoms with Crippen molar-refractivity contribution in [2.45, 2.75) is 26.7 Å². The van der Waals surface area contributed by atoms with Gasteiger partial charge in [-0.25, -0.2) is 0 Å². The van der Waals surface area contributed by atoms with Crippen LogP contribution >= 0.6 is 0 Å². The normalized spacial score (nSPS) is 10.4. The lowest BCUT2D eigenvalue weighted by atomic mass is 10.1. The van der Waals surface area contributed by atoms with E-state index in [4.69, 9.17) is 4.74 Å². The van der Waals surface area contributed by atoms with Gasteiger partial charge in [-0.1, -0.05) is 13.8 Å². The van der Waals surface area contributed by atoms with Crippen molar-refractivity contribution < 1.29 is 9.53 Å². The first-order valence-corrected chi connectivity index (χ1v) is 5.97. The number of rotatable bonds is 5. The molecule has 0 amide bonds. The monoisotopic (exact) mass is 235 g/mol. The fourth-order valence-corrected chi connectivity index (χ4v) is 1.40. The van der Waals surface area contributed by atoms with Crippen LogP contribution in [0.4, 0.5) is 5.69 Å². The van der Waals surface area contributed by atoms with Gasteiger partial charge in [0.25, 0.3) is 0 Å². The van der Waals surface area contributed by atoms with Gasteiger partial charge in [-0.05, 0) is 36.6 Å². The predicted molar refractivity (Wildman–Crippen MR) is 70.5 cm³/mol. The molecule has 0 unspecified atom stereocenters. The van der Waals surface area contributed by atoms with Gasteiger partial charge in [0.1, 0.15) is 5.75 Å². The number of hydrogen-bond acceptors (Lipinski definition) is 3. The van der Waals surface area contributed by atoms with Crippen LogP contribution in [0, 0.1) is 5.92 Å². The molecule has 1 aromatic carbocycles. The molecule has 0 aliphatic heterocycles. The number of carbonyl (C=O) groups is 1. The molecule has 17 heavy (non-hydrogen) atoms. The Labute approximate surface area is 103 Å². The molecule has 0 saturated heterocycles. The van der Waals surface area contributed by atoms with Gasteiger partial charge in [0.05, 0.1) is 0 Å². The topological polar surface area (TPSA) is 29.5 Å². The summed E-state index contributed by atoms with van der Waals surface area (Å²) in [6.07, 6.45) is 1.35. The van der Waals surface area contributed by atoms with Crippen LogP contribution in [0.5, 0.6) is 5.75 Å². The summed E-state index contributed by atoms with van der Waals surface area (Å²) in [4.78, 5) is 13.5. The number of ether oxygens (including phenoxy) is 1. The third kappa shape index (κ3) is 4.89. The zero-order chi connectivity index (χ0) is 12.8. The Balaban J connectivity index is 2.48. The van der Waals surface area contributed by atoms with Crippen LogP contribution in [0.15, 0.2) is 24.3 Å². The summed E-state index contributed by atoms with van der Waals surface area (Å²) in [7, 11) is 3.95. The molecule has 0 fully saturated rings. The lowest BCUT2D eigenvalue weighted by molar-refractivity contribution is -0.134. The van der Waals surface area contributed by atoms with Crippen LogP contribution in [0.1, 0.15) is 26.7 Å². The zero-order valence-electron chi connectivity index (χ0n) is 11.1. The molecule has 1 rings (SSSR count). The van der Waals surface area contributed by atoms with Gasteiger partial charge < -0.3 is 9.64 Å². The molecule has 1 aromatic rings. The fraction of sp³-hybridized carbons (Fsp3) is 0.500. The predicted octanol–water partition coefficient (Wildman–Crippen LogP) is 3.09. The quantitative estimate of drug-likeness (QED) is 0.580. The molecule has 3 heteroatoms. The largest absolute Gasteiger partial charge is 0.427 e. The average Bonchev–Trinajstić information content (AvgIpc) is 2.27. The molecule has 0 aliphatic rings. The van der Waals surface area contributed by atoms with E-state index in [-0.39, 0.29) is 5.97 Å². The third-order valence-electron chi connectivity index (χ3n) is 2.51. The van der Waals surface area contributed by atoms with Gasteiger partial charge in [0.2, 0.25) is 0 Å². The molecule has 94 valence electrons. The van der Waals surface area contributed by atoms with Crippen molar-refractivity contribution >= 4 is 11.7 Å². The van der Waals surface area contributed by atoms with E-state index >= 15 is 0 Å². The number of nitrogens with zero attached hydrogens (tertiary/aromatic N) is 1. The fourth-order valence-electron chi connectivity index (χ4n) is 1.40. The highest BCUT2D eigenvalue weighted by Gasteiger charge is 2.06. The molecule has 3 nitrogen and oxygen atoms in total. The summed E-state index contributed by atoms with van der Waals surface area (Å²) in [6, 6.07) is 7.52. The number of benzene rings is 1. The molecule has 0 aliphatic carbocycles. The first kappa shape index (κ1) is 13.6. The van der Waals surface area contributed by atoms with E-state index < -0.39 is 0 Å². The Bertz CT molecular complexity index is 355. The minimum absolute atomic E-state index is 0.156. The Morgan fingerprint density at radius 1 is 1.24 bits per heavy atom. The van der Waals surface area contributed by atoms with E-state index in [1.165, 1.54) is 0 Å². The molecule has 0 spiro atoms. The van der Waals surface area contributed by atoms with E-state index in [2.05, 4.69) is 13.8 Å². The van der Waals surface area contributed by atoms with Crippen molar-refractivity contribution in [2.75, 3.05) is 19.0 Å². The molecule has 0 atom stereocenters. The van der Waals surface area contributed by atoms with E-state index in [1.807, 2.05) is 43.3 Å². The van der Waals surface area contributed by atoms with Gasteiger partial charge in [-0.2, -0.15) is 0 Å². The van der Waals surface area contributed by atoms with Gasteiger partial charge >= 0.3 is 5.97 Å². The van der Waals surface area contributed by atoms with Crippen LogP contribution in [-0.2, 0) is 4.79 Å². The first-order chi connectivity index (χ1) is 7.99. The van der Waals surface area contributed by atoms with Crippen LogP contribution in [0.2, 0.25) is 0 Å². The van der Waals surface area contributed by atoms with Crippen LogP contribution in [0.25, 0.3) is 0 Å². The van der Waals surface area contributed by atoms with Gasteiger partial charge in [0.15, 0.2) is 0 Å². The number of hydrogen-bond donors (Lipinski definition) is 0. The third-order valence-corrected chi connectivity index (χ3v) is 2.51. The molecular weight excluding hydrogens is 214 g/mol. The van der Waals surface area contributed by atoms with Crippen molar-refractivity contribution in [3.8, 4) is 5.75 Å². The van der Waals surface area contributed by atoms with E-state index in [0.717, 1.165) is 12.1 Å². The average molecular weight is 235 g/mol. The highest BCUT2D eigenvalue weighted by atomic mass is 16.5. The smallest absolute Gasteiger partial charge is 0.311 e. The van der Waals surface area contributed by atoms with Crippen LogP contribution in [-0.4, -0.2) is 20.1 Å². The second-order valence-electron chi connectivity index (χ2n) is 4.79. The number of esters is 1. The molecule has 0 saturated carbocycles. The van der Waals surface area contributed by atoms with Gasteiger partial charge in [-0.3, -0.25) is 4.79 Å². The standard InChI is InChI=1S/C14H21NO2/c1-11(2)5-10-14(16)17-13-8-6-12(7-9-13)15(3)4/h6-9,11H,5,10H2,1-4H3. The summed E-state index contributed by atoms with van der Waals surface area (Å²) in [6.45, 7) is 4.19. The van der Waals surface area contributed by atoms with Crippen molar-refractivity contribution in [1.29, 1.82) is 0 Å².